The molecule has 4 N–H and O–H groups in total. The lowest BCUT2D eigenvalue weighted by atomic mass is 10.1. The number of nitrogens with zero attached hydrogens (tertiary/aromatic N) is 1. The molecule has 0 amide bonds. The number of hydrogen-bond donors (Lipinski definition) is 3. The van der Waals surface area contributed by atoms with Gasteiger partial charge in [-0.15, -0.1) is 0 Å². The summed E-state index contributed by atoms with van der Waals surface area (Å²) in [5.41, 5.74) is 5.38. The Bertz CT molecular complexity index is 266. The highest BCUT2D eigenvalue weighted by molar-refractivity contribution is 5.72. The van der Waals surface area contributed by atoms with Crippen LogP contribution in [0.5, 0.6) is 0 Å². The highest BCUT2D eigenvalue weighted by Crippen LogP contribution is 2.06. The van der Waals surface area contributed by atoms with Crippen LogP contribution in [0.15, 0.2) is 0 Å². The number of unbranched alkanes of at least 4 members (excludes halogenated alkanes) is 1. The molecule has 0 aromatic heterocycles. The zero-order valence-corrected chi connectivity index (χ0v) is 10.6. The Morgan fingerprint density at radius 2 is 1.76 bits per heavy atom. The highest BCUT2D eigenvalue weighted by Gasteiger charge is 2.17. The number of carboxylic acids is 2. The van der Waals surface area contributed by atoms with Crippen molar-refractivity contribution in [2.75, 3.05) is 27.2 Å². The first-order valence-corrected chi connectivity index (χ1v) is 5.77. The van der Waals surface area contributed by atoms with Crippen LogP contribution in [0.3, 0.4) is 0 Å². The summed E-state index contributed by atoms with van der Waals surface area (Å²) in [7, 11) is 3.94. The summed E-state index contributed by atoms with van der Waals surface area (Å²) in [4.78, 5) is 20.9. The largest absolute Gasteiger partial charge is 0.481 e. The van der Waals surface area contributed by atoms with Crippen molar-refractivity contribution in [1.82, 2.24) is 0 Å². The van der Waals surface area contributed by atoms with Gasteiger partial charge >= 0.3 is 11.9 Å². The van der Waals surface area contributed by atoms with Gasteiger partial charge < -0.3 is 20.4 Å². The van der Waals surface area contributed by atoms with Crippen molar-refractivity contribution in [3.05, 3.63) is 0 Å². The maximum atomic E-state index is 10.5. The third-order valence-corrected chi connectivity index (χ3v) is 2.78. The standard InChI is InChI=1S/C11H22N2O4/c1-13(2,8-6-10(14)15)7-4-3-5-9(12)11(16)17/h9H,3-8,12H2,1-2H3,(H-,14,15,16,17)/p+1. The Balaban J connectivity index is 3.72. The molecule has 0 spiro atoms. The predicted octanol–water partition coefficient (Wildman–Crippen LogP) is 0.120. The smallest absolute Gasteiger partial charge is 0.320 e. The maximum Gasteiger partial charge on any atom is 0.320 e. The van der Waals surface area contributed by atoms with Gasteiger partial charge in [0.25, 0.3) is 0 Å². The molecular weight excluding hydrogens is 224 g/mol. The number of carbonyl (C=O) groups is 2. The van der Waals surface area contributed by atoms with E-state index in [1.54, 1.807) is 0 Å². The van der Waals surface area contributed by atoms with Gasteiger partial charge in [-0.2, -0.15) is 0 Å². The summed E-state index contributed by atoms with van der Waals surface area (Å²) in [6.07, 6.45) is 2.23. The topological polar surface area (TPSA) is 101 Å². The van der Waals surface area contributed by atoms with Crippen molar-refractivity contribution in [1.29, 1.82) is 0 Å². The Morgan fingerprint density at radius 1 is 1.18 bits per heavy atom. The van der Waals surface area contributed by atoms with Crippen LogP contribution in [-0.4, -0.2) is 59.9 Å². The number of quaternary nitrogens is 1. The lowest BCUT2D eigenvalue weighted by Gasteiger charge is -2.29. The van der Waals surface area contributed by atoms with E-state index in [1.165, 1.54) is 0 Å². The van der Waals surface area contributed by atoms with Crippen LogP contribution in [-0.2, 0) is 9.59 Å². The minimum atomic E-state index is -0.968. The monoisotopic (exact) mass is 247 g/mol. The zero-order valence-electron chi connectivity index (χ0n) is 10.6. The van der Waals surface area contributed by atoms with Crippen molar-refractivity contribution in [2.45, 2.75) is 31.7 Å². The van der Waals surface area contributed by atoms with E-state index in [0.717, 1.165) is 19.4 Å². The summed E-state index contributed by atoms with van der Waals surface area (Å²) in [6, 6.07) is -0.787. The Labute approximate surface area is 102 Å². The number of hydrogen-bond acceptors (Lipinski definition) is 3. The second kappa shape index (κ2) is 7.24. The average molecular weight is 247 g/mol. The number of nitrogens with two attached hydrogens (primary N) is 1. The van der Waals surface area contributed by atoms with Gasteiger partial charge in [-0.25, -0.2) is 0 Å². The van der Waals surface area contributed by atoms with Crippen molar-refractivity contribution in [2.24, 2.45) is 5.73 Å². The summed E-state index contributed by atoms with van der Waals surface area (Å²) < 4.78 is 0.634. The first-order valence-electron chi connectivity index (χ1n) is 5.77. The van der Waals surface area contributed by atoms with E-state index in [2.05, 4.69) is 0 Å². The van der Waals surface area contributed by atoms with Gasteiger partial charge in [0.2, 0.25) is 0 Å². The first-order chi connectivity index (χ1) is 7.74. The third kappa shape index (κ3) is 8.65. The quantitative estimate of drug-likeness (QED) is 0.397. The van der Waals surface area contributed by atoms with Gasteiger partial charge in [0.05, 0.1) is 33.6 Å². The van der Waals surface area contributed by atoms with Crippen molar-refractivity contribution in [3.63, 3.8) is 0 Å². The van der Waals surface area contributed by atoms with E-state index in [-0.39, 0.29) is 6.42 Å². The molecule has 0 fully saturated rings. The predicted molar refractivity (Wildman–Crippen MR) is 63.6 cm³/mol. The van der Waals surface area contributed by atoms with Crippen molar-refractivity contribution < 1.29 is 24.3 Å². The van der Waals surface area contributed by atoms with Crippen LogP contribution in [0.4, 0.5) is 0 Å². The molecular formula is C11H23N2O4+. The molecule has 0 saturated heterocycles. The van der Waals surface area contributed by atoms with Crippen LogP contribution < -0.4 is 5.73 Å². The van der Waals surface area contributed by atoms with Gasteiger partial charge in [0.1, 0.15) is 6.04 Å². The Hall–Kier alpha value is -1.14. The molecule has 0 saturated carbocycles. The molecule has 1 atom stereocenters. The zero-order chi connectivity index (χ0) is 13.5. The molecule has 0 aliphatic carbocycles. The molecule has 17 heavy (non-hydrogen) atoms. The molecule has 0 aliphatic rings. The van der Waals surface area contributed by atoms with Gasteiger partial charge in [0.15, 0.2) is 0 Å². The molecule has 0 aliphatic heterocycles. The summed E-state index contributed by atoms with van der Waals surface area (Å²) in [5, 5.41) is 17.2. The third-order valence-electron chi connectivity index (χ3n) is 2.78. The van der Waals surface area contributed by atoms with Crippen LogP contribution in [0.1, 0.15) is 25.7 Å². The summed E-state index contributed by atoms with van der Waals surface area (Å²) >= 11 is 0. The van der Waals surface area contributed by atoms with E-state index in [0.29, 0.717) is 17.4 Å². The van der Waals surface area contributed by atoms with E-state index >= 15 is 0 Å². The molecule has 100 valence electrons. The maximum absolute atomic E-state index is 10.5. The van der Waals surface area contributed by atoms with Gasteiger partial charge in [-0.1, -0.05) is 0 Å². The van der Waals surface area contributed by atoms with Crippen LogP contribution >= 0.6 is 0 Å². The number of carboxylic acid groups (broad SMARTS) is 2. The van der Waals surface area contributed by atoms with Crippen LogP contribution in [0, 0.1) is 0 Å². The molecule has 0 bridgehead atoms. The lowest BCUT2D eigenvalue weighted by molar-refractivity contribution is -0.890. The molecule has 0 aromatic carbocycles. The fraction of sp³-hybridized carbons (Fsp3) is 0.818. The van der Waals surface area contributed by atoms with Gasteiger partial charge in [-0.05, 0) is 19.3 Å². The Morgan fingerprint density at radius 3 is 2.24 bits per heavy atom. The fourth-order valence-electron chi connectivity index (χ4n) is 1.54. The highest BCUT2D eigenvalue weighted by atomic mass is 16.4. The molecule has 0 aromatic rings. The SMILES string of the molecule is C[N+](C)(CCCCC(N)C(=O)O)CCC(=O)O. The van der Waals surface area contributed by atoms with E-state index in [4.69, 9.17) is 15.9 Å². The molecule has 0 rings (SSSR count). The minimum Gasteiger partial charge on any atom is -0.481 e. The average Bonchev–Trinajstić information content (AvgIpc) is 2.21. The second-order valence-electron chi connectivity index (χ2n) is 4.97. The fourth-order valence-corrected chi connectivity index (χ4v) is 1.54. The number of rotatable bonds is 9. The van der Waals surface area contributed by atoms with E-state index in [1.807, 2.05) is 14.1 Å². The normalized spacial score (nSPS) is 13.4. The summed E-state index contributed by atoms with van der Waals surface area (Å²) in [6.45, 7) is 1.42. The van der Waals surface area contributed by atoms with Gasteiger partial charge in [0, 0.05) is 0 Å². The molecule has 1 unspecified atom stereocenters. The molecule has 6 nitrogen and oxygen atoms in total. The van der Waals surface area contributed by atoms with Crippen molar-refractivity contribution in [3.8, 4) is 0 Å². The minimum absolute atomic E-state index is 0.154. The van der Waals surface area contributed by atoms with E-state index < -0.39 is 18.0 Å². The molecule has 6 heteroatoms. The van der Waals surface area contributed by atoms with E-state index in [9.17, 15) is 9.59 Å². The van der Waals surface area contributed by atoms with Crippen molar-refractivity contribution >= 4 is 11.9 Å². The summed E-state index contributed by atoms with van der Waals surface area (Å²) in [5.74, 6) is -1.76. The molecule has 0 radical (unpaired) electrons. The lowest BCUT2D eigenvalue weighted by Crippen LogP contribution is -2.42. The van der Waals surface area contributed by atoms with Crippen LogP contribution in [0.2, 0.25) is 0 Å². The second-order valence-corrected chi connectivity index (χ2v) is 4.97. The number of aliphatic carboxylic acids is 2. The Kier molecular flexibility index (Phi) is 6.75. The van der Waals surface area contributed by atoms with Gasteiger partial charge in [-0.3, -0.25) is 9.59 Å². The molecule has 0 heterocycles. The van der Waals surface area contributed by atoms with Crippen LogP contribution in [0.25, 0.3) is 0 Å². The first kappa shape index (κ1) is 15.9.